The molecular formula is C30H52O2. The van der Waals surface area contributed by atoms with Gasteiger partial charge >= 0.3 is 0 Å². The largest absolute Gasteiger partial charge is 0.377 e. The summed E-state index contributed by atoms with van der Waals surface area (Å²) in [5, 5.41) is 10.9. The first-order valence-electron chi connectivity index (χ1n) is 13.9. The van der Waals surface area contributed by atoms with Gasteiger partial charge in [-0.15, -0.1) is 0 Å². The molecule has 1 N–H and O–H groups in total. The lowest BCUT2D eigenvalue weighted by Gasteiger charge is -2.25. The Kier molecular flexibility index (Phi) is 17.4. The maximum atomic E-state index is 12.0. The molecule has 184 valence electrons. The van der Waals surface area contributed by atoms with Gasteiger partial charge in [-0.05, 0) is 25.3 Å². The van der Waals surface area contributed by atoms with Gasteiger partial charge in [0, 0.05) is 0 Å². The zero-order valence-corrected chi connectivity index (χ0v) is 21.4. The van der Waals surface area contributed by atoms with Crippen molar-refractivity contribution < 1.29 is 9.90 Å². The quantitative estimate of drug-likeness (QED) is 0.181. The van der Waals surface area contributed by atoms with Gasteiger partial charge in [-0.2, -0.15) is 0 Å². The van der Waals surface area contributed by atoms with Crippen molar-refractivity contribution in [1.29, 1.82) is 0 Å². The van der Waals surface area contributed by atoms with E-state index in [2.05, 4.69) is 6.92 Å². The first-order chi connectivity index (χ1) is 15.6. The molecule has 0 spiro atoms. The van der Waals surface area contributed by atoms with Crippen molar-refractivity contribution in [3.63, 3.8) is 0 Å². The lowest BCUT2D eigenvalue weighted by molar-refractivity contribution is -0.137. The molecule has 0 heterocycles. The number of aliphatic hydroxyl groups is 1. The zero-order valence-electron chi connectivity index (χ0n) is 21.4. The summed E-state index contributed by atoms with van der Waals surface area (Å²) in [6.07, 6.45) is 26.2. The van der Waals surface area contributed by atoms with Gasteiger partial charge in [0.1, 0.15) is 5.60 Å². The third-order valence-corrected chi connectivity index (χ3v) is 6.98. The van der Waals surface area contributed by atoms with Crippen LogP contribution in [0.3, 0.4) is 0 Å². The molecule has 0 aliphatic rings. The highest BCUT2D eigenvalue weighted by Crippen LogP contribution is 2.28. The smallest absolute Gasteiger partial charge is 0.165 e. The van der Waals surface area contributed by atoms with Crippen LogP contribution in [0.25, 0.3) is 0 Å². The van der Waals surface area contributed by atoms with E-state index in [1.54, 1.807) is 0 Å². The molecule has 0 bridgehead atoms. The number of hydrogen-bond acceptors (Lipinski definition) is 2. The Morgan fingerprint density at radius 1 is 0.625 bits per heavy atom. The topological polar surface area (TPSA) is 37.3 Å². The summed E-state index contributed by atoms with van der Waals surface area (Å²) < 4.78 is 0. The number of hydrogen-bond donors (Lipinski definition) is 1. The van der Waals surface area contributed by atoms with Crippen molar-refractivity contribution in [3.8, 4) is 0 Å². The van der Waals surface area contributed by atoms with Gasteiger partial charge in [-0.1, -0.05) is 153 Å². The number of carbonyl (C=O) groups is 1. The summed E-state index contributed by atoms with van der Waals surface area (Å²) in [6, 6.07) is 9.41. The Hall–Kier alpha value is -1.15. The van der Waals surface area contributed by atoms with Crippen molar-refractivity contribution in [3.05, 3.63) is 35.9 Å². The summed E-state index contributed by atoms with van der Waals surface area (Å²) in [4.78, 5) is 12.0. The first-order valence-corrected chi connectivity index (χ1v) is 13.9. The summed E-state index contributed by atoms with van der Waals surface area (Å²) in [5.41, 5.74) is -0.578. The Balaban J connectivity index is 1.88. The van der Waals surface area contributed by atoms with E-state index in [1.807, 2.05) is 30.3 Å². The molecule has 1 atom stereocenters. The predicted molar refractivity (Wildman–Crippen MR) is 139 cm³/mol. The summed E-state index contributed by atoms with van der Waals surface area (Å²) in [7, 11) is 0. The van der Waals surface area contributed by atoms with Crippen LogP contribution >= 0.6 is 0 Å². The van der Waals surface area contributed by atoms with E-state index in [1.165, 1.54) is 116 Å². The molecule has 0 radical (unpaired) electrons. The molecule has 2 nitrogen and oxygen atoms in total. The number of carbonyl (C=O) groups excluding carboxylic acids is 1. The van der Waals surface area contributed by atoms with E-state index in [0.717, 1.165) is 18.4 Å². The molecule has 0 aliphatic heterocycles. The molecule has 0 amide bonds. The fourth-order valence-electron chi connectivity index (χ4n) is 4.70. The van der Waals surface area contributed by atoms with Gasteiger partial charge in [-0.3, -0.25) is 4.79 Å². The van der Waals surface area contributed by atoms with E-state index in [4.69, 9.17) is 0 Å². The second kappa shape index (κ2) is 19.3. The van der Waals surface area contributed by atoms with E-state index >= 15 is 0 Å². The molecule has 1 aromatic carbocycles. The van der Waals surface area contributed by atoms with Crippen molar-refractivity contribution >= 4 is 5.78 Å². The van der Waals surface area contributed by atoms with E-state index in [-0.39, 0.29) is 5.78 Å². The molecular weight excluding hydrogens is 392 g/mol. The van der Waals surface area contributed by atoms with Crippen LogP contribution in [0.4, 0.5) is 0 Å². The SMILES string of the molecule is CCCCCCCCCCCCCCCCCCCCCC(O)(C(C)=O)c1ccccc1. The molecule has 0 fully saturated rings. The first kappa shape index (κ1) is 28.9. The van der Waals surface area contributed by atoms with Crippen LogP contribution in [-0.2, 0) is 10.4 Å². The monoisotopic (exact) mass is 444 g/mol. The minimum atomic E-state index is -1.31. The van der Waals surface area contributed by atoms with Gasteiger partial charge in [0.25, 0.3) is 0 Å². The highest BCUT2D eigenvalue weighted by Gasteiger charge is 2.33. The van der Waals surface area contributed by atoms with Crippen LogP contribution in [0.2, 0.25) is 0 Å². The highest BCUT2D eigenvalue weighted by molar-refractivity contribution is 5.86. The van der Waals surface area contributed by atoms with Crippen molar-refractivity contribution in [1.82, 2.24) is 0 Å². The summed E-state index contributed by atoms with van der Waals surface area (Å²) >= 11 is 0. The van der Waals surface area contributed by atoms with E-state index < -0.39 is 5.60 Å². The molecule has 2 heteroatoms. The minimum absolute atomic E-state index is 0.147. The van der Waals surface area contributed by atoms with Crippen LogP contribution < -0.4 is 0 Å². The highest BCUT2D eigenvalue weighted by atomic mass is 16.3. The summed E-state index contributed by atoms with van der Waals surface area (Å²) in [6.45, 7) is 3.79. The van der Waals surface area contributed by atoms with Crippen LogP contribution in [0.1, 0.15) is 148 Å². The molecule has 1 unspecified atom stereocenters. The molecule has 1 rings (SSSR count). The Labute approximate surface area is 199 Å². The molecule has 0 saturated carbocycles. The van der Waals surface area contributed by atoms with Crippen LogP contribution in [-0.4, -0.2) is 10.9 Å². The minimum Gasteiger partial charge on any atom is -0.377 e. The lowest BCUT2D eigenvalue weighted by atomic mass is 9.85. The third-order valence-electron chi connectivity index (χ3n) is 6.98. The van der Waals surface area contributed by atoms with Crippen molar-refractivity contribution in [2.24, 2.45) is 0 Å². The van der Waals surface area contributed by atoms with Gasteiger partial charge < -0.3 is 5.11 Å². The maximum absolute atomic E-state index is 12.0. The standard InChI is InChI=1S/C30H52O2/c1-3-4-5-6-7-8-9-10-11-12-13-14-15-16-17-18-19-20-24-27-30(32,28(2)31)29-25-22-21-23-26-29/h21-23,25-26,32H,3-20,24,27H2,1-2H3. The van der Waals surface area contributed by atoms with Crippen LogP contribution in [0, 0.1) is 0 Å². The van der Waals surface area contributed by atoms with Gasteiger partial charge in [0.15, 0.2) is 5.78 Å². The predicted octanol–water partition coefficient (Wildman–Crippen LogP) is 9.29. The number of rotatable bonds is 22. The normalized spacial score (nSPS) is 13.2. The van der Waals surface area contributed by atoms with Crippen LogP contribution in [0.15, 0.2) is 30.3 Å². The lowest BCUT2D eigenvalue weighted by Crippen LogP contribution is -2.33. The number of unbranched alkanes of at least 4 members (excludes halogenated alkanes) is 18. The molecule has 0 saturated heterocycles. The zero-order chi connectivity index (χ0) is 23.3. The molecule has 1 aromatic rings. The second-order valence-electron chi connectivity index (χ2n) is 9.90. The Bertz CT molecular complexity index is 553. The Morgan fingerprint density at radius 2 is 0.969 bits per heavy atom. The van der Waals surface area contributed by atoms with Gasteiger partial charge in [0.2, 0.25) is 0 Å². The van der Waals surface area contributed by atoms with E-state index in [9.17, 15) is 9.90 Å². The fourth-order valence-corrected chi connectivity index (χ4v) is 4.70. The fraction of sp³-hybridized carbons (Fsp3) is 0.767. The average molecular weight is 445 g/mol. The average Bonchev–Trinajstić information content (AvgIpc) is 2.80. The van der Waals surface area contributed by atoms with Crippen molar-refractivity contribution in [2.45, 2.75) is 148 Å². The number of Topliss-reactive ketones (excluding diaryl/α,β-unsaturated/α-hetero) is 1. The summed E-state index contributed by atoms with van der Waals surface area (Å²) in [5.74, 6) is -0.147. The Morgan fingerprint density at radius 3 is 1.31 bits per heavy atom. The third kappa shape index (κ3) is 13.4. The van der Waals surface area contributed by atoms with Crippen LogP contribution in [0.5, 0.6) is 0 Å². The molecule has 0 aromatic heterocycles. The van der Waals surface area contributed by atoms with Crippen molar-refractivity contribution in [2.75, 3.05) is 0 Å². The maximum Gasteiger partial charge on any atom is 0.165 e. The van der Waals surface area contributed by atoms with Gasteiger partial charge in [0.05, 0.1) is 0 Å². The van der Waals surface area contributed by atoms with E-state index in [0.29, 0.717) is 6.42 Å². The molecule has 0 aliphatic carbocycles. The number of benzene rings is 1. The molecule has 32 heavy (non-hydrogen) atoms. The second-order valence-corrected chi connectivity index (χ2v) is 9.90. The number of ketones is 1. The van der Waals surface area contributed by atoms with Gasteiger partial charge in [-0.25, -0.2) is 0 Å².